The van der Waals surface area contributed by atoms with Crippen molar-refractivity contribution in [2.24, 2.45) is 0 Å². The summed E-state index contributed by atoms with van der Waals surface area (Å²) in [7, 11) is 0. The minimum absolute atomic E-state index is 0.0896. The number of aromatic hydroxyl groups is 1. The molecule has 31 heavy (non-hydrogen) atoms. The molecule has 0 unspecified atom stereocenters. The molecule has 1 aliphatic heterocycles. The molecular weight excluding hydrogens is 392 g/mol. The third-order valence-electron chi connectivity index (χ3n) is 5.50. The van der Waals surface area contributed by atoms with Gasteiger partial charge >= 0.3 is 5.69 Å². The Labute approximate surface area is 182 Å². The molecule has 0 atom stereocenters. The predicted octanol–water partition coefficient (Wildman–Crippen LogP) is 3.11. The minimum Gasteiger partial charge on any atom is -0.493 e. The van der Waals surface area contributed by atoms with E-state index in [2.05, 4.69) is 57.9 Å². The van der Waals surface area contributed by atoms with Crippen molar-refractivity contribution in [1.82, 2.24) is 14.9 Å². The molecule has 7 heteroatoms. The fourth-order valence-corrected chi connectivity index (χ4v) is 4.06. The third kappa shape index (κ3) is 5.30. The van der Waals surface area contributed by atoms with Crippen molar-refractivity contribution in [2.45, 2.75) is 32.9 Å². The van der Waals surface area contributed by atoms with E-state index in [4.69, 9.17) is 4.74 Å². The summed E-state index contributed by atoms with van der Waals surface area (Å²) in [5.74, 6) is 0.859. The SMILES string of the molecule is CC(C)Oc1ccccc1N1CCN(Cc2cccc(Cc3[nH]c(=O)[nH]c3O)c2)CC1. The number of H-pyrrole nitrogens is 2. The second kappa shape index (κ2) is 9.31. The van der Waals surface area contributed by atoms with Crippen LogP contribution in [0.3, 0.4) is 0 Å². The lowest BCUT2D eigenvalue weighted by Crippen LogP contribution is -2.46. The lowest BCUT2D eigenvalue weighted by atomic mass is 10.1. The first-order valence-electron chi connectivity index (χ1n) is 10.8. The molecule has 1 aromatic heterocycles. The Kier molecular flexibility index (Phi) is 6.32. The lowest BCUT2D eigenvalue weighted by Gasteiger charge is -2.37. The molecule has 3 N–H and O–H groups in total. The zero-order valence-electron chi connectivity index (χ0n) is 18.1. The number of nitrogens with one attached hydrogen (secondary N) is 2. The molecule has 2 aromatic carbocycles. The molecule has 1 saturated heterocycles. The normalized spacial score (nSPS) is 14.9. The van der Waals surface area contributed by atoms with Crippen LogP contribution in [0.5, 0.6) is 11.6 Å². The van der Waals surface area contributed by atoms with Crippen molar-refractivity contribution >= 4 is 5.69 Å². The molecule has 0 saturated carbocycles. The van der Waals surface area contributed by atoms with Crippen molar-refractivity contribution in [1.29, 1.82) is 0 Å². The van der Waals surface area contributed by atoms with E-state index in [1.807, 2.05) is 24.3 Å². The number of anilines is 1. The molecule has 4 rings (SSSR count). The van der Waals surface area contributed by atoms with Crippen LogP contribution in [0.4, 0.5) is 5.69 Å². The third-order valence-corrected chi connectivity index (χ3v) is 5.50. The monoisotopic (exact) mass is 422 g/mol. The predicted molar refractivity (Wildman–Crippen MR) is 122 cm³/mol. The summed E-state index contributed by atoms with van der Waals surface area (Å²) < 4.78 is 6.00. The molecular formula is C24H30N4O3. The van der Waals surface area contributed by atoms with Crippen LogP contribution < -0.4 is 15.3 Å². The highest BCUT2D eigenvalue weighted by atomic mass is 16.5. The standard InChI is InChI=1S/C24H30N4O3/c1-17(2)31-22-9-4-3-8-21(22)28-12-10-27(11-13-28)16-19-7-5-6-18(14-19)15-20-23(29)26-24(30)25-20/h3-9,14,17,29H,10-13,15-16H2,1-2H3,(H2,25,26,30). The van der Waals surface area contributed by atoms with E-state index in [1.54, 1.807) is 0 Å². The Morgan fingerprint density at radius 1 is 1.00 bits per heavy atom. The van der Waals surface area contributed by atoms with Crippen molar-refractivity contribution in [2.75, 3.05) is 31.1 Å². The van der Waals surface area contributed by atoms with Gasteiger partial charge in [0.25, 0.3) is 0 Å². The van der Waals surface area contributed by atoms with Gasteiger partial charge in [-0.1, -0.05) is 36.4 Å². The van der Waals surface area contributed by atoms with Crippen LogP contribution >= 0.6 is 0 Å². The van der Waals surface area contributed by atoms with Gasteiger partial charge in [0.2, 0.25) is 5.88 Å². The largest absolute Gasteiger partial charge is 0.493 e. The highest BCUT2D eigenvalue weighted by molar-refractivity contribution is 5.58. The first-order valence-corrected chi connectivity index (χ1v) is 10.8. The van der Waals surface area contributed by atoms with Crippen molar-refractivity contribution < 1.29 is 9.84 Å². The quantitative estimate of drug-likeness (QED) is 0.545. The first kappa shape index (κ1) is 21.1. The average Bonchev–Trinajstić information content (AvgIpc) is 3.05. The van der Waals surface area contributed by atoms with E-state index in [0.717, 1.165) is 49.7 Å². The van der Waals surface area contributed by atoms with Crippen molar-refractivity contribution in [3.63, 3.8) is 0 Å². The number of aromatic amines is 2. The maximum Gasteiger partial charge on any atom is 0.325 e. The van der Waals surface area contributed by atoms with Crippen LogP contribution in [0.15, 0.2) is 53.3 Å². The number of ether oxygens (including phenoxy) is 1. The van der Waals surface area contributed by atoms with Gasteiger partial charge in [0.1, 0.15) is 5.75 Å². The Bertz CT molecular complexity index is 1060. The zero-order valence-corrected chi connectivity index (χ0v) is 18.1. The number of nitrogens with zero attached hydrogens (tertiary/aromatic N) is 2. The Morgan fingerprint density at radius 2 is 1.74 bits per heavy atom. The van der Waals surface area contributed by atoms with Gasteiger partial charge in [-0.25, -0.2) is 4.79 Å². The summed E-state index contributed by atoms with van der Waals surface area (Å²) in [4.78, 5) is 21.2. The maximum absolute atomic E-state index is 11.3. The molecule has 3 aromatic rings. The summed E-state index contributed by atoms with van der Waals surface area (Å²) >= 11 is 0. The van der Waals surface area contributed by atoms with Crippen molar-refractivity contribution in [3.05, 3.63) is 75.8 Å². The average molecular weight is 423 g/mol. The van der Waals surface area contributed by atoms with Gasteiger partial charge in [-0.15, -0.1) is 0 Å². The number of piperazine rings is 1. The van der Waals surface area contributed by atoms with Gasteiger partial charge in [-0.05, 0) is 37.1 Å². The van der Waals surface area contributed by atoms with Crippen LogP contribution in [0.2, 0.25) is 0 Å². The minimum atomic E-state index is -0.387. The van der Waals surface area contributed by atoms with Crippen molar-refractivity contribution in [3.8, 4) is 11.6 Å². The second-order valence-electron chi connectivity index (χ2n) is 8.30. The topological polar surface area (TPSA) is 84.6 Å². The first-order chi connectivity index (χ1) is 15.0. The Morgan fingerprint density at radius 3 is 2.45 bits per heavy atom. The van der Waals surface area contributed by atoms with E-state index in [-0.39, 0.29) is 17.7 Å². The number of rotatable bonds is 7. The molecule has 1 fully saturated rings. The molecule has 0 amide bonds. The van der Waals surface area contributed by atoms with E-state index in [0.29, 0.717) is 12.1 Å². The Balaban J connectivity index is 1.36. The number of hydrogen-bond acceptors (Lipinski definition) is 5. The van der Waals surface area contributed by atoms with Crippen LogP contribution in [0, 0.1) is 0 Å². The highest BCUT2D eigenvalue weighted by Gasteiger charge is 2.20. The summed E-state index contributed by atoms with van der Waals surface area (Å²) in [6.07, 6.45) is 0.638. The lowest BCUT2D eigenvalue weighted by molar-refractivity contribution is 0.235. The smallest absolute Gasteiger partial charge is 0.325 e. The highest BCUT2D eigenvalue weighted by Crippen LogP contribution is 2.30. The number of benzene rings is 2. The van der Waals surface area contributed by atoms with Crippen LogP contribution in [0.1, 0.15) is 30.7 Å². The maximum atomic E-state index is 11.3. The van der Waals surface area contributed by atoms with Gasteiger partial charge in [0.15, 0.2) is 0 Å². The molecule has 1 aliphatic rings. The molecule has 2 heterocycles. The van der Waals surface area contributed by atoms with E-state index in [1.165, 1.54) is 5.56 Å². The number of hydrogen-bond donors (Lipinski definition) is 3. The molecule has 7 nitrogen and oxygen atoms in total. The molecule has 0 radical (unpaired) electrons. The second-order valence-corrected chi connectivity index (χ2v) is 8.30. The Hall–Kier alpha value is -3.19. The van der Waals surface area contributed by atoms with Gasteiger partial charge in [0, 0.05) is 39.1 Å². The van der Waals surface area contributed by atoms with Crippen LogP contribution in [-0.4, -0.2) is 52.3 Å². The van der Waals surface area contributed by atoms with E-state index >= 15 is 0 Å². The molecule has 0 bridgehead atoms. The van der Waals surface area contributed by atoms with Crippen LogP contribution in [-0.2, 0) is 13.0 Å². The van der Waals surface area contributed by atoms with Gasteiger partial charge in [-0.2, -0.15) is 0 Å². The summed E-state index contributed by atoms with van der Waals surface area (Å²) in [5.41, 5.74) is 3.58. The summed E-state index contributed by atoms with van der Waals surface area (Å²) in [6, 6.07) is 16.6. The molecule has 0 aliphatic carbocycles. The number of aromatic nitrogens is 2. The molecule has 0 spiro atoms. The molecule has 164 valence electrons. The fraction of sp³-hybridized carbons (Fsp3) is 0.375. The zero-order chi connectivity index (χ0) is 21.8. The van der Waals surface area contributed by atoms with Gasteiger partial charge in [0.05, 0.1) is 17.5 Å². The fourth-order valence-electron chi connectivity index (χ4n) is 4.06. The van der Waals surface area contributed by atoms with Gasteiger partial charge < -0.3 is 19.7 Å². The summed E-state index contributed by atoms with van der Waals surface area (Å²) in [6.45, 7) is 8.85. The summed E-state index contributed by atoms with van der Waals surface area (Å²) in [5, 5.41) is 9.80. The number of imidazole rings is 1. The van der Waals surface area contributed by atoms with Crippen LogP contribution in [0.25, 0.3) is 0 Å². The van der Waals surface area contributed by atoms with E-state index in [9.17, 15) is 9.90 Å². The number of para-hydroxylation sites is 2. The van der Waals surface area contributed by atoms with E-state index < -0.39 is 0 Å². The van der Waals surface area contributed by atoms with Gasteiger partial charge in [-0.3, -0.25) is 9.88 Å².